The molecule has 1 aromatic rings. The van der Waals surface area contributed by atoms with Crippen LogP contribution in [0.1, 0.15) is 12.6 Å². The van der Waals surface area contributed by atoms with Gasteiger partial charge in [0.15, 0.2) is 0 Å². The van der Waals surface area contributed by atoms with Crippen molar-refractivity contribution in [3.8, 4) is 0 Å². The summed E-state index contributed by atoms with van der Waals surface area (Å²) in [6.45, 7) is 1.90. The van der Waals surface area contributed by atoms with Gasteiger partial charge in [-0.1, -0.05) is 6.08 Å². The molecule has 0 unspecified atom stereocenters. The van der Waals surface area contributed by atoms with Crippen LogP contribution in [0.3, 0.4) is 0 Å². The van der Waals surface area contributed by atoms with Crippen LogP contribution in [0.2, 0.25) is 0 Å². The van der Waals surface area contributed by atoms with Crippen LogP contribution in [0.15, 0.2) is 34.8 Å². The summed E-state index contributed by atoms with van der Waals surface area (Å²) in [5, 5.41) is 0. The van der Waals surface area contributed by atoms with Crippen LogP contribution >= 0.6 is 0 Å². The van der Waals surface area contributed by atoms with E-state index in [1.807, 2.05) is 13.0 Å². The first-order chi connectivity index (χ1) is 5.93. The third-order valence-corrected chi connectivity index (χ3v) is 1.10. The molecule has 0 atom stereocenters. The summed E-state index contributed by atoms with van der Waals surface area (Å²) in [7, 11) is 0. The van der Waals surface area contributed by atoms with Gasteiger partial charge >= 0.3 is 0 Å². The van der Waals surface area contributed by atoms with Gasteiger partial charge in [0, 0.05) is 6.20 Å². The lowest BCUT2D eigenvalue weighted by atomic mass is 10.5. The first-order valence-electron chi connectivity index (χ1n) is 3.58. The smallest absolute Gasteiger partial charge is 0.115 e. The van der Waals surface area contributed by atoms with E-state index in [4.69, 9.17) is 0 Å². The second kappa shape index (κ2) is 5.01. The van der Waals surface area contributed by atoms with Gasteiger partial charge < -0.3 is 4.98 Å². The summed E-state index contributed by atoms with van der Waals surface area (Å²) in [5.74, 6) is 0. The third kappa shape index (κ3) is 2.92. The minimum Gasteiger partial charge on any atom is -0.344 e. The number of hydrogen-bond donors (Lipinski definition) is 1. The highest BCUT2D eigenvalue weighted by atomic mass is 14.9. The van der Waals surface area contributed by atoms with Crippen LogP contribution in [0.4, 0.5) is 0 Å². The number of aliphatic imine (C=N–C) groups is 2. The molecule has 1 rings (SSSR count). The summed E-state index contributed by atoms with van der Waals surface area (Å²) >= 11 is 0. The number of H-pyrrole nitrogens is 1. The fraction of sp³-hybridized carbons (Fsp3) is 0.125. The largest absolute Gasteiger partial charge is 0.344 e. The molecule has 62 valence electrons. The Kier molecular flexibility index (Phi) is 3.50. The zero-order valence-corrected chi connectivity index (χ0v) is 6.81. The summed E-state index contributed by atoms with van der Waals surface area (Å²) < 4.78 is 0. The molecule has 0 bridgehead atoms. The molecule has 0 aliphatic heterocycles. The number of aromatic amines is 1. The Hall–Kier alpha value is -1.71. The van der Waals surface area contributed by atoms with E-state index in [9.17, 15) is 0 Å². The zero-order valence-electron chi connectivity index (χ0n) is 6.81. The van der Waals surface area contributed by atoms with Crippen molar-refractivity contribution in [2.75, 3.05) is 0 Å². The lowest BCUT2D eigenvalue weighted by Crippen LogP contribution is -1.78. The molecule has 1 N–H and O–H groups in total. The van der Waals surface area contributed by atoms with Crippen molar-refractivity contribution in [2.24, 2.45) is 9.98 Å². The topological polar surface area (TPSA) is 53.4 Å². The molecule has 0 aliphatic rings. The van der Waals surface area contributed by atoms with Gasteiger partial charge in [0.2, 0.25) is 0 Å². The number of imidazole rings is 1. The van der Waals surface area contributed by atoms with Crippen molar-refractivity contribution in [1.29, 1.82) is 0 Å². The summed E-state index contributed by atoms with van der Waals surface area (Å²) in [6.07, 6.45) is 9.92. The molecule has 0 radical (unpaired) electrons. The molecule has 0 fully saturated rings. The number of hydrogen-bond acceptors (Lipinski definition) is 2. The van der Waals surface area contributed by atoms with Crippen molar-refractivity contribution in [1.82, 2.24) is 9.97 Å². The van der Waals surface area contributed by atoms with Crippen LogP contribution in [0.25, 0.3) is 0 Å². The quantitative estimate of drug-likeness (QED) is 0.530. The summed E-state index contributed by atoms with van der Waals surface area (Å²) in [4.78, 5) is 14.5. The van der Waals surface area contributed by atoms with Crippen LogP contribution in [0, 0.1) is 0 Å². The molecule has 0 aliphatic carbocycles. The minimum absolute atomic E-state index is 0.863. The SMILES string of the molecule is C/C=C\N=CN=Cc1cnc[nH]1. The van der Waals surface area contributed by atoms with Crippen molar-refractivity contribution in [3.05, 3.63) is 30.5 Å². The second-order valence-electron chi connectivity index (χ2n) is 2.03. The van der Waals surface area contributed by atoms with E-state index in [1.54, 1.807) is 24.9 Å². The van der Waals surface area contributed by atoms with Crippen LogP contribution in [-0.2, 0) is 0 Å². The first-order valence-corrected chi connectivity index (χ1v) is 3.58. The molecule has 1 heterocycles. The van der Waals surface area contributed by atoms with E-state index < -0.39 is 0 Å². The molecule has 1 aromatic heterocycles. The number of nitrogens with zero attached hydrogens (tertiary/aromatic N) is 3. The predicted molar refractivity (Wildman–Crippen MR) is 49.5 cm³/mol. The number of rotatable bonds is 3. The van der Waals surface area contributed by atoms with Crippen molar-refractivity contribution >= 4 is 12.6 Å². The highest BCUT2D eigenvalue weighted by Crippen LogP contribution is 1.83. The Morgan fingerprint density at radius 3 is 3.08 bits per heavy atom. The standard InChI is InChI=1S/C8H10N4/c1-2-3-9-6-10-4-8-5-11-7-12-8/h2-7H,1H3,(H,11,12)/b3-2-,9-6?,10-4?. The Labute approximate surface area is 70.8 Å². The van der Waals surface area contributed by atoms with E-state index in [0.717, 1.165) is 5.69 Å². The van der Waals surface area contributed by atoms with Gasteiger partial charge in [-0.05, 0) is 6.92 Å². The lowest BCUT2D eigenvalue weighted by Gasteiger charge is -1.78. The Bertz CT molecular complexity index is 282. The third-order valence-electron chi connectivity index (χ3n) is 1.10. The maximum atomic E-state index is 3.91. The van der Waals surface area contributed by atoms with Gasteiger partial charge in [0.05, 0.1) is 24.4 Å². The van der Waals surface area contributed by atoms with Crippen LogP contribution < -0.4 is 0 Å². The lowest BCUT2D eigenvalue weighted by molar-refractivity contribution is 1.31. The van der Waals surface area contributed by atoms with E-state index in [0.29, 0.717) is 0 Å². The first kappa shape index (κ1) is 8.39. The van der Waals surface area contributed by atoms with Crippen molar-refractivity contribution in [3.63, 3.8) is 0 Å². The normalized spacial score (nSPS) is 12.4. The van der Waals surface area contributed by atoms with Crippen molar-refractivity contribution in [2.45, 2.75) is 6.92 Å². The monoisotopic (exact) mass is 162 g/mol. The zero-order chi connectivity index (χ0) is 8.65. The highest BCUT2D eigenvalue weighted by Gasteiger charge is 1.82. The van der Waals surface area contributed by atoms with Gasteiger partial charge in [0.25, 0.3) is 0 Å². The molecule has 4 nitrogen and oxygen atoms in total. The number of aromatic nitrogens is 2. The molecule has 0 saturated carbocycles. The minimum atomic E-state index is 0.863. The average Bonchev–Trinajstić information content (AvgIpc) is 2.57. The van der Waals surface area contributed by atoms with E-state index in [-0.39, 0.29) is 0 Å². The average molecular weight is 162 g/mol. The van der Waals surface area contributed by atoms with E-state index >= 15 is 0 Å². The second-order valence-corrected chi connectivity index (χ2v) is 2.03. The van der Waals surface area contributed by atoms with Crippen LogP contribution in [-0.4, -0.2) is 22.5 Å². The molecule has 12 heavy (non-hydrogen) atoms. The van der Waals surface area contributed by atoms with Gasteiger partial charge in [-0.25, -0.2) is 15.0 Å². The Morgan fingerprint density at radius 2 is 2.42 bits per heavy atom. The Morgan fingerprint density at radius 1 is 1.50 bits per heavy atom. The molecular weight excluding hydrogens is 152 g/mol. The van der Waals surface area contributed by atoms with E-state index in [1.165, 1.54) is 6.34 Å². The summed E-state index contributed by atoms with van der Waals surface area (Å²) in [6, 6.07) is 0. The maximum absolute atomic E-state index is 3.91. The summed E-state index contributed by atoms with van der Waals surface area (Å²) in [5.41, 5.74) is 0.863. The molecule has 0 amide bonds. The van der Waals surface area contributed by atoms with Crippen molar-refractivity contribution < 1.29 is 0 Å². The van der Waals surface area contributed by atoms with Gasteiger partial charge in [-0.15, -0.1) is 0 Å². The van der Waals surface area contributed by atoms with Gasteiger partial charge in [0.1, 0.15) is 6.34 Å². The predicted octanol–water partition coefficient (Wildman–Crippen LogP) is 1.39. The maximum Gasteiger partial charge on any atom is 0.115 e. The van der Waals surface area contributed by atoms with Gasteiger partial charge in [-0.2, -0.15) is 0 Å². The number of nitrogens with one attached hydrogen (secondary N) is 1. The highest BCUT2D eigenvalue weighted by molar-refractivity contribution is 5.83. The van der Waals surface area contributed by atoms with Crippen LogP contribution in [0.5, 0.6) is 0 Å². The molecule has 0 spiro atoms. The molecule has 4 heteroatoms. The molecule has 0 aromatic carbocycles. The Balaban J connectivity index is 2.41. The fourth-order valence-corrected chi connectivity index (χ4v) is 0.614. The van der Waals surface area contributed by atoms with E-state index in [2.05, 4.69) is 20.0 Å². The molecule has 0 saturated heterocycles. The number of allylic oxidation sites excluding steroid dienone is 1. The fourth-order valence-electron chi connectivity index (χ4n) is 0.614. The van der Waals surface area contributed by atoms with Gasteiger partial charge in [-0.3, -0.25) is 0 Å². The molecular formula is C8H10N4.